The van der Waals surface area contributed by atoms with Gasteiger partial charge in [-0.1, -0.05) is 0 Å². The summed E-state index contributed by atoms with van der Waals surface area (Å²) in [6.45, 7) is 0.556. The number of nitriles is 1. The van der Waals surface area contributed by atoms with E-state index in [-0.39, 0.29) is 29.3 Å². The number of aryl methyl sites for hydroxylation is 1. The predicted molar refractivity (Wildman–Crippen MR) is 116 cm³/mol. The molecule has 3 aromatic rings. The van der Waals surface area contributed by atoms with Gasteiger partial charge in [0.05, 0.1) is 11.4 Å². The summed E-state index contributed by atoms with van der Waals surface area (Å²) in [5.41, 5.74) is 7.61. The molecule has 0 fully saturated rings. The third-order valence-electron chi connectivity index (χ3n) is 4.74. The van der Waals surface area contributed by atoms with Crippen LogP contribution >= 0.6 is 0 Å². The van der Waals surface area contributed by atoms with Crippen LogP contribution in [0.25, 0.3) is 5.69 Å². The van der Waals surface area contributed by atoms with Gasteiger partial charge < -0.3 is 16.4 Å². The van der Waals surface area contributed by atoms with Gasteiger partial charge in [0.25, 0.3) is 0 Å². The molecule has 0 saturated heterocycles. The molecule has 3 rings (SSSR count). The zero-order valence-electron chi connectivity index (χ0n) is 17.4. The Morgan fingerprint density at radius 1 is 1.12 bits per heavy atom. The average molecular weight is 441 g/mol. The number of nitrogen functional groups attached to an aromatic ring is 1. The van der Waals surface area contributed by atoms with Crippen LogP contribution in [-0.2, 0) is 13.0 Å². The smallest absolute Gasteiger partial charge is 0.191 e. The second-order valence-electron chi connectivity index (χ2n) is 6.90. The Balaban J connectivity index is 1.56. The molecule has 7 nitrogen and oxygen atoms in total. The molecule has 166 valence electrons. The van der Waals surface area contributed by atoms with Gasteiger partial charge in [0.15, 0.2) is 5.96 Å². The molecule has 2 aromatic carbocycles. The van der Waals surface area contributed by atoms with Gasteiger partial charge in [-0.25, -0.2) is 17.9 Å². The van der Waals surface area contributed by atoms with Crippen molar-refractivity contribution in [1.82, 2.24) is 20.4 Å². The molecule has 10 heteroatoms. The molecule has 0 saturated carbocycles. The fourth-order valence-electron chi connectivity index (χ4n) is 3.10. The van der Waals surface area contributed by atoms with Gasteiger partial charge >= 0.3 is 0 Å². The highest BCUT2D eigenvalue weighted by Crippen LogP contribution is 2.21. The first-order valence-corrected chi connectivity index (χ1v) is 9.84. The molecule has 0 unspecified atom stereocenters. The van der Waals surface area contributed by atoms with Crippen molar-refractivity contribution in [3.63, 3.8) is 0 Å². The van der Waals surface area contributed by atoms with Gasteiger partial charge in [-0.3, -0.25) is 4.99 Å². The first-order chi connectivity index (χ1) is 15.4. The predicted octanol–water partition coefficient (Wildman–Crippen LogP) is 3.04. The second kappa shape index (κ2) is 10.3. The van der Waals surface area contributed by atoms with Crippen molar-refractivity contribution in [1.29, 1.82) is 5.26 Å². The summed E-state index contributed by atoms with van der Waals surface area (Å²) in [4.78, 5) is 4.05. The molecule has 1 aromatic heterocycles. The Morgan fingerprint density at radius 2 is 1.84 bits per heavy atom. The first-order valence-electron chi connectivity index (χ1n) is 9.84. The fourth-order valence-corrected chi connectivity index (χ4v) is 3.10. The van der Waals surface area contributed by atoms with E-state index in [0.717, 1.165) is 18.2 Å². The van der Waals surface area contributed by atoms with Crippen molar-refractivity contribution in [3.05, 3.63) is 76.7 Å². The van der Waals surface area contributed by atoms with E-state index in [0.29, 0.717) is 36.7 Å². The number of anilines is 1. The highest BCUT2D eigenvalue weighted by Gasteiger charge is 2.16. The molecule has 4 N–H and O–H groups in total. The Kier molecular flexibility index (Phi) is 7.33. The topological polar surface area (TPSA) is 104 Å². The summed E-state index contributed by atoms with van der Waals surface area (Å²) < 4.78 is 41.6. The van der Waals surface area contributed by atoms with Crippen molar-refractivity contribution >= 4 is 11.8 Å². The van der Waals surface area contributed by atoms with Crippen LogP contribution in [0.4, 0.5) is 19.0 Å². The van der Waals surface area contributed by atoms with E-state index in [2.05, 4.69) is 26.8 Å². The lowest BCUT2D eigenvalue weighted by atomic mass is 10.1. The summed E-state index contributed by atoms with van der Waals surface area (Å²) in [6.07, 6.45) is 1.06. The number of hydrogen-bond acceptors (Lipinski definition) is 4. The molecule has 0 aliphatic rings. The summed E-state index contributed by atoms with van der Waals surface area (Å²) in [7, 11) is 1.57. The van der Waals surface area contributed by atoms with Gasteiger partial charge in [-0.05, 0) is 55.3 Å². The summed E-state index contributed by atoms with van der Waals surface area (Å²) >= 11 is 0. The minimum absolute atomic E-state index is 0.0699. The maximum absolute atomic E-state index is 13.7. The van der Waals surface area contributed by atoms with E-state index in [1.165, 1.54) is 28.9 Å². The third-order valence-corrected chi connectivity index (χ3v) is 4.74. The van der Waals surface area contributed by atoms with Gasteiger partial charge in [0.1, 0.15) is 34.9 Å². The zero-order chi connectivity index (χ0) is 23.1. The normalized spacial score (nSPS) is 11.3. The van der Waals surface area contributed by atoms with Crippen LogP contribution in [0.1, 0.15) is 23.2 Å². The number of nitrogens with two attached hydrogens (primary N) is 1. The average Bonchev–Trinajstić information content (AvgIpc) is 3.11. The quantitative estimate of drug-likeness (QED) is 0.297. The summed E-state index contributed by atoms with van der Waals surface area (Å²) in [6, 6.07) is 11.0. The van der Waals surface area contributed by atoms with Crippen molar-refractivity contribution in [2.24, 2.45) is 4.99 Å². The van der Waals surface area contributed by atoms with Crippen molar-refractivity contribution in [2.45, 2.75) is 19.4 Å². The van der Waals surface area contributed by atoms with Crippen LogP contribution in [0.2, 0.25) is 0 Å². The molecule has 0 spiro atoms. The number of halogens is 3. The Bertz CT molecular complexity index is 1150. The third kappa shape index (κ3) is 5.37. The van der Waals surface area contributed by atoms with Crippen LogP contribution < -0.4 is 16.4 Å². The van der Waals surface area contributed by atoms with E-state index in [1.807, 2.05) is 0 Å². The lowest BCUT2D eigenvalue weighted by molar-refractivity contribution is 0.581. The van der Waals surface area contributed by atoms with Gasteiger partial charge in [0.2, 0.25) is 0 Å². The SMILES string of the molecule is CN=C(NCCCc1nn(-c2ccc(F)cc2)c(N)c1C#N)NCc1cc(F)ccc1F. The van der Waals surface area contributed by atoms with Crippen LogP contribution in [-0.4, -0.2) is 29.3 Å². The highest BCUT2D eigenvalue weighted by molar-refractivity contribution is 5.79. The highest BCUT2D eigenvalue weighted by atomic mass is 19.1. The van der Waals surface area contributed by atoms with E-state index < -0.39 is 11.6 Å². The van der Waals surface area contributed by atoms with Gasteiger partial charge in [0, 0.05) is 25.7 Å². The lowest BCUT2D eigenvalue weighted by Crippen LogP contribution is -2.37. The molecule has 1 heterocycles. The van der Waals surface area contributed by atoms with E-state index in [4.69, 9.17) is 5.73 Å². The first kappa shape index (κ1) is 22.7. The zero-order valence-corrected chi connectivity index (χ0v) is 17.4. The number of rotatable bonds is 7. The summed E-state index contributed by atoms with van der Waals surface area (Å²) in [5, 5.41) is 19.9. The monoisotopic (exact) mass is 441 g/mol. The standard InChI is InChI=1S/C22H22F3N7/c1-28-22(30-13-14-11-16(24)6-9-19(14)25)29-10-2-3-20-18(12-26)21(27)32(31-20)17-7-4-15(23)5-8-17/h4-9,11H,2-3,10,13,27H2,1H3,(H2,28,29,30). The number of hydrogen-bond donors (Lipinski definition) is 3. The molecule has 0 atom stereocenters. The van der Waals surface area contributed by atoms with E-state index in [9.17, 15) is 18.4 Å². The maximum atomic E-state index is 13.7. The van der Waals surface area contributed by atoms with Gasteiger partial charge in [-0.15, -0.1) is 0 Å². The number of benzene rings is 2. The van der Waals surface area contributed by atoms with Crippen LogP contribution in [0, 0.1) is 28.8 Å². The minimum atomic E-state index is -0.515. The fraction of sp³-hybridized carbons (Fsp3) is 0.227. The maximum Gasteiger partial charge on any atom is 0.191 e. The van der Waals surface area contributed by atoms with Gasteiger partial charge in [-0.2, -0.15) is 10.4 Å². The molecular weight excluding hydrogens is 419 g/mol. The molecule has 0 bridgehead atoms. The number of nitrogens with zero attached hydrogens (tertiary/aromatic N) is 4. The number of aliphatic imine (C=N–C) groups is 1. The van der Waals surface area contributed by atoms with Crippen molar-refractivity contribution in [3.8, 4) is 11.8 Å². The van der Waals surface area contributed by atoms with Crippen LogP contribution in [0.3, 0.4) is 0 Å². The largest absolute Gasteiger partial charge is 0.382 e. The lowest BCUT2D eigenvalue weighted by Gasteiger charge is -2.12. The number of nitrogens with one attached hydrogen (secondary N) is 2. The Labute approximate surface area is 183 Å². The van der Waals surface area contributed by atoms with Crippen molar-refractivity contribution in [2.75, 3.05) is 19.3 Å². The molecule has 0 aliphatic heterocycles. The second-order valence-corrected chi connectivity index (χ2v) is 6.90. The Morgan fingerprint density at radius 3 is 2.53 bits per heavy atom. The number of aromatic nitrogens is 2. The molecule has 32 heavy (non-hydrogen) atoms. The minimum Gasteiger partial charge on any atom is -0.382 e. The van der Waals surface area contributed by atoms with Crippen LogP contribution in [0.15, 0.2) is 47.5 Å². The number of guanidine groups is 1. The van der Waals surface area contributed by atoms with Crippen molar-refractivity contribution < 1.29 is 13.2 Å². The van der Waals surface area contributed by atoms with E-state index in [1.54, 1.807) is 7.05 Å². The molecular formula is C22H22F3N7. The molecule has 0 radical (unpaired) electrons. The molecule has 0 aliphatic carbocycles. The summed E-state index contributed by atoms with van der Waals surface area (Å²) in [5.74, 6) is -0.790. The molecule has 0 amide bonds. The van der Waals surface area contributed by atoms with Crippen LogP contribution in [0.5, 0.6) is 0 Å². The van der Waals surface area contributed by atoms with E-state index >= 15 is 0 Å². The Hall–Kier alpha value is -4.00.